The lowest BCUT2D eigenvalue weighted by Gasteiger charge is -2.08. The van der Waals surface area contributed by atoms with Crippen molar-refractivity contribution in [2.24, 2.45) is 0 Å². The first-order valence-electron chi connectivity index (χ1n) is 2.25. The number of halogens is 1. The fraction of sp³-hybridized carbons (Fsp3) is 1.00. The number of hydrogen-bond donors (Lipinski definition) is 3. The first-order valence-corrected chi connectivity index (χ1v) is 2.25. The van der Waals surface area contributed by atoms with Gasteiger partial charge in [-0.2, -0.15) is 0 Å². The van der Waals surface area contributed by atoms with Crippen LogP contribution in [0.5, 0.6) is 0 Å². The molecule has 0 aliphatic rings. The van der Waals surface area contributed by atoms with Crippen molar-refractivity contribution < 1.29 is 10.2 Å². The summed E-state index contributed by atoms with van der Waals surface area (Å²) in [5.41, 5.74) is 0. The molecule has 0 fully saturated rings. The monoisotopic (exact) mass is 185 g/mol. The highest BCUT2D eigenvalue weighted by molar-refractivity contribution is 8.93. The molecule has 0 amide bonds. The molecular formula is C4H12BrNO2. The van der Waals surface area contributed by atoms with E-state index in [9.17, 15) is 0 Å². The van der Waals surface area contributed by atoms with Crippen molar-refractivity contribution in [1.29, 1.82) is 0 Å². The molecule has 0 radical (unpaired) electrons. The molecule has 4 heteroatoms. The highest BCUT2D eigenvalue weighted by Crippen LogP contribution is 1.74. The topological polar surface area (TPSA) is 52.5 Å². The van der Waals surface area contributed by atoms with E-state index >= 15 is 0 Å². The highest BCUT2D eigenvalue weighted by Gasteiger charge is 1.95. The minimum Gasteiger partial charge on any atom is -0.379 e. The van der Waals surface area contributed by atoms with Crippen LogP contribution in [0.15, 0.2) is 0 Å². The Morgan fingerprint density at radius 2 is 1.38 bits per heavy atom. The van der Waals surface area contributed by atoms with Gasteiger partial charge >= 0.3 is 0 Å². The average molecular weight is 186 g/mol. The lowest BCUT2D eigenvalue weighted by atomic mass is 10.6. The van der Waals surface area contributed by atoms with E-state index in [4.69, 9.17) is 10.2 Å². The van der Waals surface area contributed by atoms with Crippen molar-refractivity contribution in [3.8, 4) is 0 Å². The Labute approximate surface area is 59.5 Å². The molecule has 52 valence electrons. The molecule has 3 nitrogen and oxygen atoms in total. The molecule has 0 spiro atoms. The van der Waals surface area contributed by atoms with Crippen LogP contribution in [0.1, 0.15) is 13.8 Å². The molecule has 8 heavy (non-hydrogen) atoms. The smallest absolute Gasteiger partial charge is 0.103 e. The van der Waals surface area contributed by atoms with Crippen LogP contribution < -0.4 is 5.32 Å². The Kier molecular flexibility index (Phi) is 7.69. The summed E-state index contributed by atoms with van der Waals surface area (Å²) in [5, 5.41) is 19.3. The van der Waals surface area contributed by atoms with Gasteiger partial charge in [-0.1, -0.05) is 0 Å². The van der Waals surface area contributed by atoms with E-state index in [1.165, 1.54) is 0 Å². The molecule has 0 aromatic heterocycles. The van der Waals surface area contributed by atoms with Crippen LogP contribution in [0.2, 0.25) is 0 Å². The van der Waals surface area contributed by atoms with Gasteiger partial charge in [0, 0.05) is 0 Å². The van der Waals surface area contributed by atoms with Gasteiger partial charge < -0.3 is 10.2 Å². The van der Waals surface area contributed by atoms with Gasteiger partial charge in [-0.15, -0.1) is 17.0 Å². The number of nitrogens with one attached hydrogen (secondary N) is 1. The summed E-state index contributed by atoms with van der Waals surface area (Å²) >= 11 is 0. The maximum absolute atomic E-state index is 8.45. The van der Waals surface area contributed by atoms with E-state index < -0.39 is 12.5 Å². The van der Waals surface area contributed by atoms with E-state index in [0.29, 0.717) is 0 Å². The van der Waals surface area contributed by atoms with Crippen molar-refractivity contribution in [3.05, 3.63) is 0 Å². The summed E-state index contributed by atoms with van der Waals surface area (Å²) in [5.74, 6) is 0. The fourth-order valence-corrected chi connectivity index (χ4v) is 0.349. The minimum absolute atomic E-state index is 0. The van der Waals surface area contributed by atoms with Crippen LogP contribution in [-0.4, -0.2) is 22.7 Å². The number of hydrogen-bond acceptors (Lipinski definition) is 3. The quantitative estimate of drug-likeness (QED) is 0.525. The molecule has 0 heterocycles. The summed E-state index contributed by atoms with van der Waals surface area (Å²) in [6.07, 6.45) is -1.25. The van der Waals surface area contributed by atoms with Crippen molar-refractivity contribution in [3.63, 3.8) is 0 Å². The molecular weight excluding hydrogens is 174 g/mol. The third kappa shape index (κ3) is 9.61. The fourth-order valence-electron chi connectivity index (χ4n) is 0.349. The van der Waals surface area contributed by atoms with E-state index in [1.807, 2.05) is 0 Å². The summed E-state index contributed by atoms with van der Waals surface area (Å²) in [7, 11) is 0. The zero-order valence-corrected chi connectivity index (χ0v) is 6.67. The van der Waals surface area contributed by atoms with Gasteiger partial charge in [0.05, 0.1) is 0 Å². The van der Waals surface area contributed by atoms with Gasteiger partial charge in [-0.25, -0.2) is 0 Å². The van der Waals surface area contributed by atoms with Crippen LogP contribution in [0.4, 0.5) is 0 Å². The van der Waals surface area contributed by atoms with Gasteiger partial charge in [0.15, 0.2) is 0 Å². The maximum Gasteiger partial charge on any atom is 0.103 e. The molecule has 0 saturated heterocycles. The van der Waals surface area contributed by atoms with Crippen LogP contribution >= 0.6 is 17.0 Å². The highest BCUT2D eigenvalue weighted by atomic mass is 79.9. The zero-order valence-electron chi connectivity index (χ0n) is 4.96. The van der Waals surface area contributed by atoms with Crippen molar-refractivity contribution >= 4 is 17.0 Å². The van der Waals surface area contributed by atoms with Crippen LogP contribution in [0.3, 0.4) is 0 Å². The molecule has 2 unspecified atom stereocenters. The Hall–Kier alpha value is 0.360. The number of aliphatic hydroxyl groups is 2. The second-order valence-electron chi connectivity index (χ2n) is 1.52. The van der Waals surface area contributed by atoms with Crippen molar-refractivity contribution in [2.45, 2.75) is 26.3 Å². The predicted molar refractivity (Wildman–Crippen MR) is 36.8 cm³/mol. The van der Waals surface area contributed by atoms with Gasteiger partial charge in [-0.05, 0) is 13.8 Å². The number of rotatable bonds is 2. The van der Waals surface area contributed by atoms with Gasteiger partial charge in [0.1, 0.15) is 12.5 Å². The zero-order chi connectivity index (χ0) is 5.86. The summed E-state index contributed by atoms with van der Waals surface area (Å²) < 4.78 is 0. The molecule has 0 saturated carbocycles. The van der Waals surface area contributed by atoms with E-state index in [0.717, 1.165) is 0 Å². The maximum atomic E-state index is 8.45. The SMILES string of the molecule is Br.CC(O)NC(C)O. The Morgan fingerprint density at radius 1 is 1.12 bits per heavy atom. The first kappa shape index (κ1) is 11.2. The second kappa shape index (κ2) is 5.50. The first-order chi connectivity index (χ1) is 3.13. The minimum atomic E-state index is -0.625. The van der Waals surface area contributed by atoms with E-state index in [1.54, 1.807) is 13.8 Å². The van der Waals surface area contributed by atoms with Gasteiger partial charge in [0.25, 0.3) is 0 Å². The second-order valence-corrected chi connectivity index (χ2v) is 1.52. The van der Waals surface area contributed by atoms with E-state index in [-0.39, 0.29) is 17.0 Å². The molecule has 3 N–H and O–H groups in total. The number of aliphatic hydroxyl groups excluding tert-OH is 2. The molecule has 0 rings (SSSR count). The van der Waals surface area contributed by atoms with Gasteiger partial charge in [0.2, 0.25) is 0 Å². The molecule has 0 bridgehead atoms. The molecule has 0 aromatic carbocycles. The third-order valence-electron chi connectivity index (χ3n) is 0.482. The molecule has 2 atom stereocenters. The summed E-state index contributed by atoms with van der Waals surface area (Å²) in [4.78, 5) is 0. The average Bonchev–Trinajstić information content (AvgIpc) is 1.27. The normalized spacial score (nSPS) is 16.5. The van der Waals surface area contributed by atoms with Crippen molar-refractivity contribution in [1.82, 2.24) is 5.32 Å². The molecule has 0 aliphatic heterocycles. The van der Waals surface area contributed by atoms with E-state index in [2.05, 4.69) is 5.32 Å². The lowest BCUT2D eigenvalue weighted by molar-refractivity contribution is 0.0632. The molecule has 0 aliphatic carbocycles. The van der Waals surface area contributed by atoms with Gasteiger partial charge in [-0.3, -0.25) is 5.32 Å². The third-order valence-corrected chi connectivity index (χ3v) is 0.482. The van der Waals surface area contributed by atoms with Crippen LogP contribution in [-0.2, 0) is 0 Å². The Morgan fingerprint density at radius 3 is 1.38 bits per heavy atom. The summed E-state index contributed by atoms with van der Waals surface area (Å²) in [6, 6.07) is 0. The van der Waals surface area contributed by atoms with Crippen LogP contribution in [0, 0.1) is 0 Å². The lowest BCUT2D eigenvalue weighted by Crippen LogP contribution is -2.33. The van der Waals surface area contributed by atoms with Crippen LogP contribution in [0.25, 0.3) is 0 Å². The Balaban J connectivity index is 0. The van der Waals surface area contributed by atoms with Crippen molar-refractivity contribution in [2.75, 3.05) is 0 Å². The predicted octanol–water partition coefficient (Wildman–Crippen LogP) is -0.170. The molecule has 0 aromatic rings. The summed E-state index contributed by atoms with van der Waals surface area (Å²) in [6.45, 7) is 3.10. The standard InChI is InChI=1S/C4H11NO2.BrH/c1-3(6)5-4(2)7;/h3-7H,1-2H3;1H. The Bertz CT molecular complexity index is 43.3. The largest absolute Gasteiger partial charge is 0.379 e.